The van der Waals surface area contributed by atoms with Gasteiger partial charge in [0.05, 0.1) is 67.1 Å². The number of aromatic nitrogens is 4. The summed E-state index contributed by atoms with van der Waals surface area (Å²) in [5, 5.41) is 16.3. The first-order chi connectivity index (χ1) is 64.5. The molecule has 0 aliphatic rings. The molecule has 17 rings (SSSR count). The van der Waals surface area contributed by atoms with Gasteiger partial charge in [0.15, 0.2) is 65.8 Å². The van der Waals surface area contributed by atoms with Crippen LogP contribution in [0.25, 0.3) is 40.9 Å². The second kappa shape index (κ2) is 50.1. The number of fused-ring (bicyclic) bond motifs is 4. The maximum Gasteiger partial charge on any atom is 0.485 e. The molecule has 0 saturated heterocycles. The molecule has 24 nitrogen and oxygen atoms in total. The van der Waals surface area contributed by atoms with Crippen LogP contribution in [0, 0.1) is 62.5 Å². The number of amides is 4. The van der Waals surface area contributed by atoms with Gasteiger partial charge in [-0.1, -0.05) is 123 Å². The lowest BCUT2D eigenvalue weighted by molar-refractivity contribution is -0.597. The molecule has 0 fully saturated rings. The third kappa shape index (κ3) is 33.9. The molecule has 137 heavy (non-hydrogen) atoms. The van der Waals surface area contributed by atoms with E-state index in [2.05, 4.69) is 132 Å². The SMILES string of the molecule is COc1cccc([I+]c2ccc(C(=O)Nc3nc4ccc(C)cc4s3)cc2)c1.COc1cccc([I+]c2ccc(C(=O)Nc3nc4ccc(C)cc4s3)cc2)c1.COc1cccc([I+]c2ccc(C(=O)Nc3nc4ccc(C)cc4s3)cc2)c1.Cc1ccc(S(=O)(=O)[O-])cc1.Cc1ccc2nc(NC(=O)c3cccc([I+]c4cccs4)c3)sc2c1.O=S(=O)([O-])C(F)(F)F.O=S(=O)([O-])C(F)(F)F.[Br-]. The van der Waals surface area contributed by atoms with Crippen molar-refractivity contribution in [2.45, 2.75) is 50.5 Å². The topological polar surface area (TPSA) is 367 Å². The molecule has 0 aliphatic heterocycles. The summed E-state index contributed by atoms with van der Waals surface area (Å²) in [5.74, 6) is 2.11. The first-order valence-corrected chi connectivity index (χ1v) is 56.3. The standard InChI is InChI=1S/3C22H17IN2O2S.C19H13IN2OS2.C7H8O3S.2CHF3O3S.BrH/c3*1-14-6-11-19-20(12-14)28-22(24-19)25-21(26)15-7-9-16(10-8-15)23-17-4-3-5-18(13-17)27-2;1-12-7-8-15-16(10-12)25-19(21-15)22-18(23)13-4-2-5-14(11-13)20-17-6-3-9-24-17;1-6-2-4-7(5-3-6)11(8,9)10;2*2-1(3,4)8(5,6)7;/h3*3-13H,1-2H3;2-11H,1H3;2-5H,1H3,(H,8,9,10);2*(H,5,6,7);1H. The highest BCUT2D eigenvalue weighted by molar-refractivity contribution is 7.87. The molecule has 0 unspecified atom stereocenters. The van der Waals surface area contributed by atoms with Crippen molar-refractivity contribution in [2.24, 2.45) is 0 Å². The van der Waals surface area contributed by atoms with Crippen LogP contribution in [0.15, 0.2) is 289 Å². The van der Waals surface area contributed by atoms with E-state index >= 15 is 0 Å². The van der Waals surface area contributed by atoms with Crippen molar-refractivity contribution in [1.82, 2.24) is 19.9 Å². The van der Waals surface area contributed by atoms with Gasteiger partial charge in [-0.2, -0.15) is 26.3 Å². The van der Waals surface area contributed by atoms with Crippen molar-refractivity contribution in [3.63, 3.8) is 0 Å². The second-order valence-electron chi connectivity index (χ2n) is 28.2. The fourth-order valence-corrected chi connectivity index (χ4v) is 26.1. The Balaban J connectivity index is 0.000000172. The Kier molecular flexibility index (Phi) is 39.9. The van der Waals surface area contributed by atoms with E-state index in [0.717, 1.165) is 63.7 Å². The number of rotatable bonds is 20. The van der Waals surface area contributed by atoms with Gasteiger partial charge in [-0.05, 0) is 250 Å². The van der Waals surface area contributed by atoms with Gasteiger partial charge in [0, 0.05) is 52.6 Å². The molecule has 43 heteroatoms. The van der Waals surface area contributed by atoms with E-state index < -0.39 is 41.4 Å². The number of nitrogens with one attached hydrogen (secondary N) is 4. The Labute approximate surface area is 855 Å². The smallest absolute Gasteiger partial charge is 0.485 e. The van der Waals surface area contributed by atoms with Crippen LogP contribution in [-0.2, 0) is 30.4 Å². The summed E-state index contributed by atoms with van der Waals surface area (Å²) < 4.78 is 179. The minimum absolute atomic E-state index is 0. The first-order valence-electron chi connectivity index (χ1n) is 39.3. The van der Waals surface area contributed by atoms with E-state index in [1.54, 1.807) is 44.8 Å². The molecule has 4 amide bonds. The molecule has 17 aromatic rings. The number of carbonyl (C=O) groups is 4. The van der Waals surface area contributed by atoms with Crippen LogP contribution in [-0.4, -0.2) is 115 Å². The number of thiophene rings is 1. The summed E-state index contributed by atoms with van der Waals surface area (Å²) in [5.41, 5.74) is 0.607. The molecule has 0 spiro atoms. The fourth-order valence-electron chi connectivity index (χ4n) is 11.2. The van der Waals surface area contributed by atoms with Gasteiger partial charge in [-0.3, -0.25) is 40.4 Å². The normalized spacial score (nSPS) is 11.2. The fraction of sp³-hybridized carbons (Fsp3) is 0.106. The van der Waals surface area contributed by atoms with Crippen molar-refractivity contribution in [1.29, 1.82) is 0 Å². The quantitative estimate of drug-likeness (QED) is 0.0292. The Hall–Kier alpha value is -10.1. The highest BCUT2D eigenvalue weighted by Gasteiger charge is 2.38. The molecule has 0 saturated carbocycles. The zero-order valence-corrected chi connectivity index (χ0v) is 89.1. The number of thiazole rings is 4. The number of nitrogens with zero attached hydrogens (tertiary/aromatic N) is 4. The Morgan fingerprint density at radius 3 is 0.854 bits per heavy atom. The predicted molar refractivity (Wildman–Crippen MR) is 499 cm³/mol. The molecule has 5 heterocycles. The highest BCUT2D eigenvalue weighted by Crippen LogP contribution is 2.32. The number of alkyl halides is 6. The lowest BCUT2D eigenvalue weighted by Crippen LogP contribution is -3.61. The van der Waals surface area contributed by atoms with E-state index in [0.29, 0.717) is 42.8 Å². The summed E-state index contributed by atoms with van der Waals surface area (Å²) in [4.78, 5) is 68.0. The number of methoxy groups -OCH3 is 3. The number of anilines is 4. The van der Waals surface area contributed by atoms with Crippen molar-refractivity contribution in [3.8, 4) is 17.2 Å². The Bertz CT molecular complexity index is 6970. The van der Waals surface area contributed by atoms with E-state index in [4.69, 9.17) is 40.2 Å². The second-order valence-corrected chi connectivity index (χ2v) is 50.1. The maximum absolute atomic E-state index is 12.6. The molecule has 5 aromatic heterocycles. The zero-order valence-electron chi connectivity index (χ0n) is 72.4. The number of aryl methyl sites for hydroxylation is 5. The maximum atomic E-state index is 12.6. The number of ether oxygens (including phenoxy) is 3. The van der Waals surface area contributed by atoms with Crippen LogP contribution in [0.1, 0.15) is 69.2 Å². The summed E-state index contributed by atoms with van der Waals surface area (Å²) in [6, 6.07) is 90.2. The van der Waals surface area contributed by atoms with E-state index in [1.807, 2.05) is 204 Å². The van der Waals surface area contributed by atoms with Crippen molar-refractivity contribution in [2.75, 3.05) is 42.6 Å². The number of carbonyl (C=O) groups excluding carboxylic acids is 4. The third-order valence-electron chi connectivity index (χ3n) is 17.8. The van der Waals surface area contributed by atoms with Crippen molar-refractivity contribution in [3.05, 3.63) is 362 Å². The monoisotopic (exact) mass is 2530 g/mol. The highest BCUT2D eigenvalue weighted by atomic mass is 127. The van der Waals surface area contributed by atoms with Crippen molar-refractivity contribution < 1.29 is 200 Å². The minimum atomic E-state index is -6.09. The molecule has 0 bridgehead atoms. The van der Waals surface area contributed by atoms with E-state index in [1.165, 1.54) is 108 Å². The van der Waals surface area contributed by atoms with E-state index in [9.17, 15) is 58.5 Å². The summed E-state index contributed by atoms with van der Waals surface area (Å²) in [6.45, 7) is 10.0. The van der Waals surface area contributed by atoms with Crippen LogP contribution in [0.5, 0.6) is 17.2 Å². The summed E-state index contributed by atoms with van der Waals surface area (Å²) in [6.07, 6.45) is 0. The number of benzene rings is 12. The minimum Gasteiger partial charge on any atom is -1.00 e. The van der Waals surface area contributed by atoms with Gasteiger partial charge in [-0.15, -0.1) is 0 Å². The third-order valence-corrected chi connectivity index (χ3v) is 35.5. The van der Waals surface area contributed by atoms with E-state index in [-0.39, 0.29) is 130 Å². The van der Waals surface area contributed by atoms with Gasteiger partial charge in [0.1, 0.15) is 27.4 Å². The van der Waals surface area contributed by atoms with Gasteiger partial charge in [-0.25, -0.2) is 45.2 Å². The Morgan fingerprint density at radius 1 is 0.321 bits per heavy atom. The average Bonchev–Trinajstić information content (AvgIpc) is 1.68. The average molecular weight is 2530 g/mol. The summed E-state index contributed by atoms with van der Waals surface area (Å²) in [7, 11) is -11.4. The lowest BCUT2D eigenvalue weighted by Gasteiger charge is -2.08. The first kappa shape index (κ1) is 109. The molecule has 0 atom stereocenters. The van der Waals surface area contributed by atoms with Crippen LogP contribution in [0.2, 0.25) is 0 Å². The van der Waals surface area contributed by atoms with Gasteiger partial charge < -0.3 is 44.9 Å². The van der Waals surface area contributed by atoms with Gasteiger partial charge >= 0.3 is 95.8 Å². The number of hydrogen-bond acceptors (Lipinski definition) is 25. The lowest BCUT2D eigenvalue weighted by atomic mass is 10.2. The molecular formula is C94H75BrF6I4N8O16S8. The molecule has 0 aliphatic carbocycles. The van der Waals surface area contributed by atoms with Crippen molar-refractivity contribution >= 4 is 172 Å². The zero-order chi connectivity index (χ0) is 98.2. The summed E-state index contributed by atoms with van der Waals surface area (Å²) >= 11 is 6.59. The molecule has 712 valence electrons. The van der Waals surface area contributed by atoms with Crippen LogP contribution < -0.4 is 137 Å². The molecule has 0 radical (unpaired) electrons. The molecular weight excluding hydrogens is 2460 g/mol. The van der Waals surface area contributed by atoms with Gasteiger partial charge in [0.2, 0.25) is 2.88 Å². The number of hydrogen-bond donors (Lipinski definition) is 4. The van der Waals surface area contributed by atoms with Gasteiger partial charge in [0.25, 0.3) is 23.6 Å². The molecule has 4 N–H and O–H groups in total. The predicted octanol–water partition coefficient (Wildman–Crippen LogP) is 6.03. The molecule has 12 aromatic carbocycles. The number of halogens is 11. The Morgan fingerprint density at radius 2 is 0.591 bits per heavy atom. The van der Waals surface area contributed by atoms with Crippen LogP contribution in [0.3, 0.4) is 0 Å². The van der Waals surface area contributed by atoms with Crippen LogP contribution in [0.4, 0.5) is 46.9 Å². The van der Waals surface area contributed by atoms with Crippen LogP contribution >= 0.6 is 56.7 Å². The largest absolute Gasteiger partial charge is 1.00 e.